The zero-order valence-electron chi connectivity index (χ0n) is 10.9. The van der Waals surface area contributed by atoms with Gasteiger partial charge in [0.2, 0.25) is 0 Å². The van der Waals surface area contributed by atoms with Crippen LogP contribution in [0.1, 0.15) is 39.2 Å². The van der Waals surface area contributed by atoms with Crippen molar-refractivity contribution in [1.82, 2.24) is 4.90 Å². The average molecular weight is 225 g/mol. The predicted molar refractivity (Wildman–Crippen MR) is 65.0 cm³/mol. The van der Waals surface area contributed by atoms with Gasteiger partial charge >= 0.3 is 0 Å². The first-order chi connectivity index (χ1) is 7.34. The van der Waals surface area contributed by atoms with Crippen LogP contribution in [0, 0.1) is 5.41 Å². The van der Waals surface area contributed by atoms with E-state index in [0.29, 0.717) is 11.8 Å². The van der Waals surface area contributed by atoms with Crippen molar-refractivity contribution in [2.45, 2.75) is 46.9 Å². The number of aliphatic hydroxyl groups is 1. The van der Waals surface area contributed by atoms with Gasteiger partial charge in [0.25, 0.3) is 0 Å². The number of hydrogen-bond acceptors (Lipinski definition) is 3. The smallest absolute Gasteiger partial charge is 0.129 e. The molecule has 0 saturated heterocycles. The highest BCUT2D eigenvalue weighted by molar-refractivity contribution is 5.06. The van der Waals surface area contributed by atoms with Crippen molar-refractivity contribution in [3.63, 3.8) is 0 Å². The van der Waals surface area contributed by atoms with Crippen LogP contribution >= 0.6 is 0 Å². The zero-order chi connectivity index (χ0) is 12.3. The molecule has 1 rings (SSSR count). The molecular weight excluding hydrogens is 202 g/mol. The minimum atomic E-state index is -0.0292. The first kappa shape index (κ1) is 13.3. The molecule has 0 aromatic carbocycles. The molecule has 1 N–H and O–H groups in total. The highest BCUT2D eigenvalue weighted by Crippen LogP contribution is 2.24. The van der Waals surface area contributed by atoms with Crippen molar-refractivity contribution in [2.24, 2.45) is 5.41 Å². The number of furan rings is 1. The van der Waals surface area contributed by atoms with Gasteiger partial charge in [0, 0.05) is 6.04 Å². The summed E-state index contributed by atoms with van der Waals surface area (Å²) in [5.74, 6) is 1.54. The number of aliphatic hydroxyl groups excluding tert-OH is 1. The lowest BCUT2D eigenvalue weighted by molar-refractivity contribution is 0.125. The normalized spacial score (nSPS) is 14.4. The third-order valence-electron chi connectivity index (χ3n) is 3.19. The van der Waals surface area contributed by atoms with E-state index in [1.165, 1.54) is 0 Å². The summed E-state index contributed by atoms with van der Waals surface area (Å²) in [7, 11) is 2.09. The number of rotatable bonds is 4. The highest BCUT2D eigenvalue weighted by atomic mass is 16.4. The second-order valence-electron chi connectivity index (χ2n) is 5.48. The summed E-state index contributed by atoms with van der Waals surface area (Å²) in [4.78, 5) is 2.26. The van der Waals surface area contributed by atoms with E-state index in [2.05, 4.69) is 39.6 Å². The Balaban J connectivity index is 2.60. The molecular formula is C13H23NO2. The molecule has 3 nitrogen and oxygen atoms in total. The SMILES string of the molecule is CC(N(C)Cc1ccc(CO)o1)C(C)(C)C. The minimum Gasteiger partial charge on any atom is -0.462 e. The molecule has 0 fully saturated rings. The van der Waals surface area contributed by atoms with Gasteiger partial charge in [0.15, 0.2) is 0 Å². The van der Waals surface area contributed by atoms with Gasteiger partial charge in [-0.15, -0.1) is 0 Å². The zero-order valence-corrected chi connectivity index (χ0v) is 10.9. The molecule has 3 heteroatoms. The van der Waals surface area contributed by atoms with Gasteiger partial charge in [-0.3, -0.25) is 4.90 Å². The summed E-state index contributed by atoms with van der Waals surface area (Å²) in [6.45, 7) is 9.66. The Hall–Kier alpha value is -0.800. The van der Waals surface area contributed by atoms with Crippen LogP contribution in [0.25, 0.3) is 0 Å². The summed E-state index contributed by atoms with van der Waals surface area (Å²) in [5, 5.41) is 8.92. The van der Waals surface area contributed by atoms with Crippen molar-refractivity contribution in [3.05, 3.63) is 23.7 Å². The van der Waals surface area contributed by atoms with E-state index in [4.69, 9.17) is 9.52 Å². The van der Waals surface area contributed by atoms with E-state index in [9.17, 15) is 0 Å². The van der Waals surface area contributed by atoms with Gasteiger partial charge in [-0.25, -0.2) is 0 Å². The van der Waals surface area contributed by atoms with Crippen molar-refractivity contribution in [2.75, 3.05) is 7.05 Å². The average Bonchev–Trinajstić information content (AvgIpc) is 2.63. The second-order valence-corrected chi connectivity index (χ2v) is 5.48. The lowest BCUT2D eigenvalue weighted by Gasteiger charge is -2.34. The molecule has 0 spiro atoms. The quantitative estimate of drug-likeness (QED) is 0.855. The van der Waals surface area contributed by atoms with Crippen LogP contribution in [0.3, 0.4) is 0 Å². The molecule has 0 bridgehead atoms. The predicted octanol–water partition coefficient (Wildman–Crippen LogP) is 2.64. The van der Waals surface area contributed by atoms with Crippen molar-refractivity contribution in [1.29, 1.82) is 0 Å². The molecule has 92 valence electrons. The largest absolute Gasteiger partial charge is 0.462 e. The molecule has 0 amide bonds. The summed E-state index contributed by atoms with van der Waals surface area (Å²) in [5.41, 5.74) is 0.251. The van der Waals surface area contributed by atoms with Crippen LogP contribution in [0.15, 0.2) is 16.5 Å². The fraction of sp³-hybridized carbons (Fsp3) is 0.692. The van der Waals surface area contributed by atoms with E-state index in [1.54, 1.807) is 0 Å². The van der Waals surface area contributed by atoms with Crippen LogP contribution in [-0.4, -0.2) is 23.1 Å². The van der Waals surface area contributed by atoms with Crippen LogP contribution in [-0.2, 0) is 13.2 Å². The summed E-state index contributed by atoms with van der Waals surface area (Å²) < 4.78 is 5.47. The Bertz CT molecular complexity index is 325. The first-order valence-electron chi connectivity index (χ1n) is 5.73. The van der Waals surface area contributed by atoms with Crippen molar-refractivity contribution in [3.8, 4) is 0 Å². The third-order valence-corrected chi connectivity index (χ3v) is 3.19. The molecule has 0 aliphatic heterocycles. The Morgan fingerprint density at radius 1 is 1.31 bits per heavy atom. The van der Waals surface area contributed by atoms with Crippen molar-refractivity contribution < 1.29 is 9.52 Å². The van der Waals surface area contributed by atoms with Crippen LogP contribution in [0.5, 0.6) is 0 Å². The molecule has 0 aliphatic carbocycles. The highest BCUT2D eigenvalue weighted by Gasteiger charge is 2.24. The molecule has 16 heavy (non-hydrogen) atoms. The maximum atomic E-state index is 8.92. The number of hydrogen-bond donors (Lipinski definition) is 1. The maximum Gasteiger partial charge on any atom is 0.129 e. The Kier molecular flexibility index (Phi) is 4.16. The van der Waals surface area contributed by atoms with Crippen LogP contribution in [0.2, 0.25) is 0 Å². The van der Waals surface area contributed by atoms with E-state index in [-0.39, 0.29) is 12.0 Å². The van der Waals surface area contributed by atoms with E-state index < -0.39 is 0 Å². The fourth-order valence-corrected chi connectivity index (χ4v) is 1.64. The van der Waals surface area contributed by atoms with E-state index >= 15 is 0 Å². The lowest BCUT2D eigenvalue weighted by atomic mass is 9.87. The van der Waals surface area contributed by atoms with Gasteiger partial charge in [-0.05, 0) is 31.5 Å². The van der Waals surface area contributed by atoms with Gasteiger partial charge < -0.3 is 9.52 Å². The fourth-order valence-electron chi connectivity index (χ4n) is 1.64. The Morgan fingerprint density at radius 2 is 1.88 bits per heavy atom. The standard InChI is InChI=1S/C13H23NO2/c1-10(13(2,3)4)14(5)8-11-6-7-12(9-15)16-11/h6-7,10,15H,8-9H2,1-5H3. The van der Waals surface area contributed by atoms with Crippen LogP contribution < -0.4 is 0 Å². The Morgan fingerprint density at radius 3 is 2.31 bits per heavy atom. The third kappa shape index (κ3) is 3.35. The van der Waals surface area contributed by atoms with Gasteiger partial charge in [0.05, 0.1) is 6.54 Å². The van der Waals surface area contributed by atoms with E-state index in [0.717, 1.165) is 12.3 Å². The van der Waals surface area contributed by atoms with Crippen LogP contribution in [0.4, 0.5) is 0 Å². The Labute approximate surface area is 98.1 Å². The summed E-state index contributed by atoms with van der Waals surface area (Å²) in [6.07, 6.45) is 0. The van der Waals surface area contributed by atoms with Gasteiger partial charge in [-0.2, -0.15) is 0 Å². The molecule has 0 radical (unpaired) electrons. The molecule has 1 aromatic heterocycles. The molecule has 1 aromatic rings. The molecule has 1 unspecified atom stereocenters. The monoisotopic (exact) mass is 225 g/mol. The summed E-state index contributed by atoms with van der Waals surface area (Å²) in [6, 6.07) is 4.22. The van der Waals surface area contributed by atoms with Gasteiger partial charge in [0.1, 0.15) is 18.1 Å². The lowest BCUT2D eigenvalue weighted by Crippen LogP contribution is -2.38. The number of nitrogens with zero attached hydrogens (tertiary/aromatic N) is 1. The minimum absolute atomic E-state index is 0.0292. The van der Waals surface area contributed by atoms with Gasteiger partial charge in [-0.1, -0.05) is 20.8 Å². The maximum absolute atomic E-state index is 8.92. The molecule has 1 heterocycles. The van der Waals surface area contributed by atoms with E-state index in [1.807, 2.05) is 12.1 Å². The molecule has 0 aliphatic rings. The topological polar surface area (TPSA) is 36.6 Å². The molecule has 1 atom stereocenters. The first-order valence-corrected chi connectivity index (χ1v) is 5.73. The molecule has 0 saturated carbocycles. The summed E-state index contributed by atoms with van der Waals surface area (Å²) >= 11 is 0. The van der Waals surface area contributed by atoms with Crippen molar-refractivity contribution >= 4 is 0 Å². The second kappa shape index (κ2) is 5.02.